The first-order valence-corrected chi connectivity index (χ1v) is 16.0. The first-order chi connectivity index (χ1) is 22.6. The van der Waals surface area contributed by atoms with Crippen LogP contribution in [-0.4, -0.2) is 91.6 Å². The maximum absolute atomic E-state index is 13.0. The Morgan fingerprint density at radius 1 is 0.958 bits per heavy atom. The van der Waals surface area contributed by atoms with Crippen molar-refractivity contribution in [1.29, 1.82) is 0 Å². The number of nitrogens with one attached hydrogen (secondary N) is 2. The molecular formula is C33H35N3O11S. The lowest BCUT2D eigenvalue weighted by atomic mass is 9.86. The highest BCUT2D eigenvalue weighted by Crippen LogP contribution is 2.40. The van der Waals surface area contributed by atoms with Gasteiger partial charge in [-0.2, -0.15) is 0 Å². The fourth-order valence-electron chi connectivity index (χ4n) is 5.21. The molecule has 4 rings (SSSR count). The number of carbonyl (C=O) groups excluding carboxylic acids is 4. The highest BCUT2D eigenvalue weighted by molar-refractivity contribution is 8.00. The molecule has 3 amide bonds. The first kappa shape index (κ1) is 35.7. The predicted molar refractivity (Wildman–Crippen MR) is 171 cm³/mol. The first-order valence-electron chi connectivity index (χ1n) is 14.9. The van der Waals surface area contributed by atoms with Gasteiger partial charge >= 0.3 is 23.9 Å². The van der Waals surface area contributed by atoms with Gasteiger partial charge in [0.25, 0.3) is 11.8 Å². The van der Waals surface area contributed by atoms with E-state index in [0.29, 0.717) is 5.56 Å². The van der Waals surface area contributed by atoms with Gasteiger partial charge in [0.15, 0.2) is 0 Å². The second kappa shape index (κ2) is 14.7. The zero-order valence-electron chi connectivity index (χ0n) is 26.3. The number of benzene rings is 2. The number of aliphatic carboxylic acids is 2. The van der Waals surface area contributed by atoms with Crippen molar-refractivity contribution in [3.63, 3.8) is 0 Å². The minimum atomic E-state index is -1.44. The van der Waals surface area contributed by atoms with E-state index in [1.165, 1.54) is 24.3 Å². The maximum Gasteiger partial charge on any atom is 0.352 e. The molecule has 1 saturated heterocycles. The molecule has 254 valence electrons. The third-order valence-electron chi connectivity index (χ3n) is 7.83. The minimum absolute atomic E-state index is 0.0508. The molecule has 14 nitrogen and oxygen atoms in total. The smallest absolute Gasteiger partial charge is 0.352 e. The Morgan fingerprint density at radius 3 is 2.19 bits per heavy atom. The number of carbonyl (C=O) groups is 7. The van der Waals surface area contributed by atoms with Gasteiger partial charge in [-0.25, -0.2) is 19.2 Å². The molecule has 2 aromatic carbocycles. The molecule has 0 aliphatic carbocycles. The summed E-state index contributed by atoms with van der Waals surface area (Å²) in [6.45, 7) is 5.58. The quantitative estimate of drug-likeness (QED) is 0.152. The van der Waals surface area contributed by atoms with Crippen molar-refractivity contribution in [2.75, 3.05) is 12.4 Å². The summed E-state index contributed by atoms with van der Waals surface area (Å²) in [4.78, 5) is 87.2. The van der Waals surface area contributed by atoms with Crippen LogP contribution in [0.4, 0.5) is 0 Å². The molecule has 1 unspecified atom stereocenters. The number of fused-ring (bicyclic) bond motifs is 1. The second-order valence-corrected chi connectivity index (χ2v) is 13.3. The highest BCUT2D eigenvalue weighted by atomic mass is 32.2. The normalized spacial score (nSPS) is 17.8. The number of nitrogens with zero attached hydrogens (tertiary/aromatic N) is 1. The van der Waals surface area contributed by atoms with Crippen LogP contribution in [0.1, 0.15) is 76.7 Å². The number of hydrogen-bond donors (Lipinski definition) is 5. The van der Waals surface area contributed by atoms with Crippen LogP contribution in [-0.2, 0) is 29.3 Å². The van der Waals surface area contributed by atoms with Gasteiger partial charge in [-0.05, 0) is 48.1 Å². The van der Waals surface area contributed by atoms with Crippen LogP contribution in [0.2, 0.25) is 0 Å². The van der Waals surface area contributed by atoms with Crippen LogP contribution in [0.25, 0.3) is 0 Å². The Hall–Kier alpha value is -5.18. The van der Waals surface area contributed by atoms with Crippen LogP contribution in [0.3, 0.4) is 0 Å². The van der Waals surface area contributed by atoms with Crippen molar-refractivity contribution in [3.8, 4) is 0 Å². The number of rotatable bonds is 13. The second-order valence-electron chi connectivity index (χ2n) is 12.2. The number of ether oxygens (including phenoxy) is 1. The van der Waals surface area contributed by atoms with E-state index in [0.717, 1.165) is 22.2 Å². The molecule has 1 fully saturated rings. The lowest BCUT2D eigenvalue weighted by Crippen LogP contribution is -2.70. The third-order valence-corrected chi connectivity index (χ3v) is 9.17. The summed E-state index contributed by atoms with van der Waals surface area (Å²) in [6, 6.07) is 9.94. The molecule has 5 N–H and O–H groups in total. The number of β-lactam (4-membered cyclic amide) rings is 1. The fourth-order valence-corrected chi connectivity index (χ4v) is 6.53. The number of carboxylic acids is 3. The molecule has 2 aliphatic heterocycles. The Bertz CT molecular complexity index is 1680. The summed E-state index contributed by atoms with van der Waals surface area (Å²) < 4.78 is 5.21. The van der Waals surface area contributed by atoms with Crippen molar-refractivity contribution >= 4 is 53.4 Å². The van der Waals surface area contributed by atoms with E-state index in [2.05, 4.69) is 10.6 Å². The molecule has 0 bridgehead atoms. The van der Waals surface area contributed by atoms with Crippen molar-refractivity contribution in [2.45, 2.75) is 62.9 Å². The van der Waals surface area contributed by atoms with E-state index in [1.54, 1.807) is 24.3 Å². The van der Waals surface area contributed by atoms with Gasteiger partial charge in [0, 0.05) is 23.3 Å². The average Bonchev–Trinajstić information content (AvgIpc) is 3.04. The monoisotopic (exact) mass is 681 g/mol. The number of aromatic carboxylic acids is 1. The minimum Gasteiger partial charge on any atom is -0.480 e. The molecule has 3 atom stereocenters. The molecule has 2 aromatic rings. The number of esters is 1. The molecule has 15 heteroatoms. The fraction of sp³-hybridized carbons (Fsp3) is 0.364. The number of carboxylic acid groups (broad SMARTS) is 3. The van der Waals surface area contributed by atoms with Gasteiger partial charge in [-0.1, -0.05) is 45.0 Å². The third kappa shape index (κ3) is 8.02. The topological polar surface area (TPSA) is 217 Å². The van der Waals surface area contributed by atoms with Crippen molar-refractivity contribution in [1.82, 2.24) is 15.5 Å². The summed E-state index contributed by atoms with van der Waals surface area (Å²) in [6.07, 6.45) is -0.126. The van der Waals surface area contributed by atoms with Gasteiger partial charge in [-0.15, -0.1) is 11.8 Å². The van der Waals surface area contributed by atoms with Crippen LogP contribution < -0.4 is 10.6 Å². The van der Waals surface area contributed by atoms with Gasteiger partial charge in [0.1, 0.15) is 29.8 Å². The zero-order valence-corrected chi connectivity index (χ0v) is 27.2. The number of thioether (sulfide) groups is 1. The molecular weight excluding hydrogens is 646 g/mol. The predicted octanol–water partition coefficient (Wildman–Crippen LogP) is 2.63. The molecule has 0 aromatic heterocycles. The van der Waals surface area contributed by atoms with Crippen LogP contribution >= 0.6 is 11.8 Å². The summed E-state index contributed by atoms with van der Waals surface area (Å²) >= 11 is 1.15. The lowest BCUT2D eigenvalue weighted by Gasteiger charge is -2.49. The molecule has 48 heavy (non-hydrogen) atoms. The average molecular weight is 682 g/mol. The Labute approximate surface area is 279 Å². The molecule has 0 spiro atoms. The van der Waals surface area contributed by atoms with E-state index in [4.69, 9.17) is 4.74 Å². The Balaban J connectivity index is 1.30. The van der Waals surface area contributed by atoms with E-state index in [-0.39, 0.29) is 52.8 Å². The zero-order chi connectivity index (χ0) is 35.3. The van der Waals surface area contributed by atoms with Crippen LogP contribution in [0.5, 0.6) is 0 Å². The van der Waals surface area contributed by atoms with Gasteiger partial charge in [0.05, 0.1) is 11.1 Å². The summed E-state index contributed by atoms with van der Waals surface area (Å²) in [7, 11) is 0. The number of amides is 3. The van der Waals surface area contributed by atoms with E-state index in [1.807, 2.05) is 20.8 Å². The van der Waals surface area contributed by atoms with Gasteiger partial charge in [0.2, 0.25) is 5.91 Å². The largest absolute Gasteiger partial charge is 0.480 e. The molecule has 2 aliphatic rings. The van der Waals surface area contributed by atoms with Crippen molar-refractivity contribution in [2.24, 2.45) is 0 Å². The highest BCUT2D eigenvalue weighted by Gasteiger charge is 2.54. The van der Waals surface area contributed by atoms with Crippen LogP contribution in [0, 0.1) is 0 Å². The van der Waals surface area contributed by atoms with Gasteiger partial charge < -0.3 is 30.7 Å². The number of hydrogen-bond acceptors (Lipinski definition) is 9. The van der Waals surface area contributed by atoms with Gasteiger partial charge in [-0.3, -0.25) is 19.3 Å². The molecule has 0 saturated carbocycles. The SMILES string of the molecule is CC(C)(C)c1ccc(C(=O)NC(CCCC(=O)N[C@@H]2C(=O)N3C(C(=O)O)=C(COC(=O)c4ccccc4C(=O)O)CS[C@@H]23)C(=O)O)cc1. The standard InChI is InChI=1S/C33H35N3O11S/c1-33(2,3)19-13-11-17(12-14-19)26(38)34-22(30(42)43)9-6-10-23(37)35-24-27(39)36-25(31(44)45)18(16-48-28(24)36)15-47-32(46)21-8-5-4-7-20(21)29(40)41/h4-5,7-8,11-14,22,24,28H,6,9-10,15-16H2,1-3H3,(H,34,38)(H,35,37)(H,40,41)(H,42,43)(H,44,45)/t22?,24-,28+/m1/s1. The van der Waals surface area contributed by atoms with Crippen molar-refractivity contribution in [3.05, 3.63) is 82.1 Å². The molecule has 0 radical (unpaired) electrons. The Kier molecular flexibility index (Phi) is 10.9. The summed E-state index contributed by atoms with van der Waals surface area (Å²) in [5, 5.41) is 33.1. The summed E-state index contributed by atoms with van der Waals surface area (Å²) in [5.41, 5.74) is 0.425. The van der Waals surface area contributed by atoms with Crippen LogP contribution in [0.15, 0.2) is 59.8 Å². The van der Waals surface area contributed by atoms with Crippen molar-refractivity contribution < 1.29 is 53.6 Å². The van der Waals surface area contributed by atoms with E-state index < -0.39 is 65.7 Å². The molecule has 2 heterocycles. The summed E-state index contributed by atoms with van der Waals surface area (Å²) in [5.74, 6) is -6.78. The Morgan fingerprint density at radius 2 is 1.60 bits per heavy atom. The maximum atomic E-state index is 13.0. The lowest BCUT2D eigenvalue weighted by molar-refractivity contribution is -0.150. The van der Waals surface area contributed by atoms with E-state index in [9.17, 15) is 48.9 Å². The van der Waals surface area contributed by atoms with E-state index >= 15 is 0 Å².